The molecule has 0 amide bonds. The van der Waals surface area contributed by atoms with Gasteiger partial charge in [-0.25, -0.2) is 0 Å². The van der Waals surface area contributed by atoms with Crippen LogP contribution < -0.4 is 5.73 Å². The summed E-state index contributed by atoms with van der Waals surface area (Å²) in [5.41, 5.74) is 4.99. The monoisotopic (exact) mass is 288 g/mol. The lowest BCUT2D eigenvalue weighted by molar-refractivity contribution is 0.540. The van der Waals surface area contributed by atoms with Crippen LogP contribution in [0.5, 0.6) is 0 Å². The van der Waals surface area contributed by atoms with Crippen molar-refractivity contribution in [2.24, 2.45) is 5.73 Å². The van der Waals surface area contributed by atoms with Crippen molar-refractivity contribution in [2.75, 3.05) is 5.75 Å². The zero-order valence-corrected chi connectivity index (χ0v) is 11.9. The molecule has 0 spiro atoms. The first-order valence-corrected chi connectivity index (χ1v) is 6.97. The lowest BCUT2D eigenvalue weighted by Gasteiger charge is -2.14. The van der Waals surface area contributed by atoms with Crippen LogP contribution in [0.3, 0.4) is 0 Å². The molecule has 1 unspecified atom stereocenters. The van der Waals surface area contributed by atoms with Gasteiger partial charge in [-0.3, -0.25) is 0 Å². The van der Waals surface area contributed by atoms with Gasteiger partial charge in [0.15, 0.2) is 0 Å². The van der Waals surface area contributed by atoms with Gasteiger partial charge in [-0.15, -0.1) is 11.8 Å². The lowest BCUT2D eigenvalue weighted by Crippen LogP contribution is -2.33. The van der Waals surface area contributed by atoms with Crippen molar-refractivity contribution < 1.29 is 0 Å². The number of halogens is 2. The van der Waals surface area contributed by atoms with Crippen molar-refractivity contribution >= 4 is 35.0 Å². The van der Waals surface area contributed by atoms with Crippen LogP contribution in [0.15, 0.2) is 23.1 Å². The van der Waals surface area contributed by atoms with E-state index in [1.807, 2.05) is 6.07 Å². The summed E-state index contributed by atoms with van der Waals surface area (Å²) in [5, 5.41) is 10.2. The molecule has 0 radical (unpaired) electrons. The molecule has 0 saturated heterocycles. The topological polar surface area (TPSA) is 49.8 Å². The van der Waals surface area contributed by atoms with Gasteiger partial charge >= 0.3 is 0 Å². The highest BCUT2D eigenvalue weighted by Gasteiger charge is 2.16. The van der Waals surface area contributed by atoms with Crippen molar-refractivity contribution in [2.45, 2.75) is 30.2 Å². The van der Waals surface area contributed by atoms with Crippen LogP contribution in [0.25, 0.3) is 0 Å². The van der Waals surface area contributed by atoms with Gasteiger partial charge in [-0.1, -0.05) is 23.2 Å². The summed E-state index contributed by atoms with van der Waals surface area (Å²) >= 11 is 13.6. The predicted octanol–water partition coefficient (Wildman–Crippen LogP) is 4.11. The first-order valence-electron chi connectivity index (χ1n) is 5.22. The van der Waals surface area contributed by atoms with Crippen LogP contribution in [0.4, 0.5) is 0 Å². The fourth-order valence-electron chi connectivity index (χ4n) is 1.27. The maximum absolute atomic E-state index is 8.77. The minimum atomic E-state index is -0.737. The number of rotatable bonds is 5. The molecule has 0 saturated carbocycles. The molecule has 1 aromatic rings. The Kier molecular flexibility index (Phi) is 5.61. The van der Waals surface area contributed by atoms with Crippen molar-refractivity contribution in [3.63, 3.8) is 0 Å². The molecule has 92 valence electrons. The molecule has 0 heterocycles. The standard InChI is InChI=1S/C12H14Cl2N2S/c1-12(16,8-15)5-2-6-17-11-7-9(13)3-4-10(11)14/h3-4,7H,2,5-6,16H2,1H3. The first-order chi connectivity index (χ1) is 7.94. The summed E-state index contributed by atoms with van der Waals surface area (Å²) in [7, 11) is 0. The SMILES string of the molecule is CC(N)(C#N)CCCSc1cc(Cl)ccc1Cl. The molecule has 0 aliphatic heterocycles. The predicted molar refractivity (Wildman–Crippen MR) is 74.6 cm³/mol. The fraction of sp³-hybridized carbons (Fsp3) is 0.417. The Morgan fingerprint density at radius 1 is 1.47 bits per heavy atom. The van der Waals surface area contributed by atoms with Crippen molar-refractivity contribution in [3.05, 3.63) is 28.2 Å². The molecule has 0 fully saturated rings. The number of nitrogens with two attached hydrogens (primary N) is 1. The van der Waals surface area contributed by atoms with Gasteiger partial charge in [0.25, 0.3) is 0 Å². The van der Waals surface area contributed by atoms with Gasteiger partial charge in [-0.2, -0.15) is 5.26 Å². The maximum Gasteiger partial charge on any atom is 0.101 e. The molecule has 1 atom stereocenters. The van der Waals surface area contributed by atoms with Gasteiger partial charge in [0.1, 0.15) is 5.54 Å². The molecular weight excluding hydrogens is 275 g/mol. The van der Waals surface area contributed by atoms with Gasteiger partial charge in [0.2, 0.25) is 0 Å². The minimum Gasteiger partial charge on any atom is -0.314 e. The zero-order valence-electron chi connectivity index (χ0n) is 9.54. The molecule has 2 nitrogen and oxygen atoms in total. The second-order valence-electron chi connectivity index (χ2n) is 4.06. The quantitative estimate of drug-likeness (QED) is 0.655. The highest BCUT2D eigenvalue weighted by atomic mass is 35.5. The number of hydrogen-bond donors (Lipinski definition) is 1. The number of nitrogens with zero attached hydrogens (tertiary/aromatic N) is 1. The molecular formula is C12H14Cl2N2S. The van der Waals surface area contributed by atoms with Gasteiger partial charge < -0.3 is 5.73 Å². The van der Waals surface area contributed by atoms with Crippen molar-refractivity contribution in [1.82, 2.24) is 0 Å². The Balaban J connectivity index is 2.42. The van der Waals surface area contributed by atoms with Crippen LogP contribution >= 0.6 is 35.0 Å². The normalized spacial score (nSPS) is 14.1. The second kappa shape index (κ2) is 6.51. The highest BCUT2D eigenvalue weighted by Crippen LogP contribution is 2.30. The van der Waals surface area contributed by atoms with Crippen LogP contribution in [0.2, 0.25) is 10.0 Å². The summed E-state index contributed by atoms with van der Waals surface area (Å²) < 4.78 is 0. The Labute approximate surface area is 116 Å². The molecule has 0 aliphatic carbocycles. The third-order valence-corrected chi connectivity index (χ3v) is 4.06. The Hall–Kier alpha value is -0.400. The van der Waals surface area contributed by atoms with E-state index in [0.29, 0.717) is 16.5 Å². The van der Waals surface area contributed by atoms with Crippen LogP contribution in [0, 0.1) is 11.3 Å². The molecule has 2 N–H and O–H groups in total. The molecule has 5 heteroatoms. The van der Waals surface area contributed by atoms with E-state index >= 15 is 0 Å². The van der Waals surface area contributed by atoms with E-state index in [4.69, 9.17) is 34.2 Å². The summed E-state index contributed by atoms with van der Waals surface area (Å²) in [4.78, 5) is 0.967. The van der Waals surface area contributed by atoms with E-state index in [0.717, 1.165) is 17.1 Å². The third kappa shape index (κ3) is 5.18. The molecule has 1 rings (SSSR count). The van der Waals surface area contributed by atoms with E-state index in [2.05, 4.69) is 6.07 Å². The number of thioether (sulfide) groups is 1. The number of benzene rings is 1. The van der Waals surface area contributed by atoms with Crippen molar-refractivity contribution in [1.29, 1.82) is 5.26 Å². The summed E-state index contributed by atoms with van der Waals surface area (Å²) in [6.45, 7) is 1.74. The smallest absolute Gasteiger partial charge is 0.101 e. The van der Waals surface area contributed by atoms with E-state index < -0.39 is 5.54 Å². The first kappa shape index (κ1) is 14.7. The van der Waals surface area contributed by atoms with E-state index in [1.54, 1.807) is 30.8 Å². The van der Waals surface area contributed by atoms with Crippen LogP contribution in [-0.2, 0) is 0 Å². The zero-order chi connectivity index (χ0) is 12.9. The molecule has 17 heavy (non-hydrogen) atoms. The number of nitriles is 1. The van der Waals surface area contributed by atoms with Crippen LogP contribution in [-0.4, -0.2) is 11.3 Å². The van der Waals surface area contributed by atoms with E-state index in [-0.39, 0.29) is 0 Å². The second-order valence-corrected chi connectivity index (χ2v) is 6.04. The lowest BCUT2D eigenvalue weighted by atomic mass is 10.0. The highest BCUT2D eigenvalue weighted by molar-refractivity contribution is 7.99. The Morgan fingerprint density at radius 2 is 2.18 bits per heavy atom. The molecule has 1 aromatic carbocycles. The van der Waals surface area contributed by atoms with Crippen molar-refractivity contribution in [3.8, 4) is 6.07 Å². The largest absolute Gasteiger partial charge is 0.314 e. The van der Waals surface area contributed by atoms with Gasteiger partial charge in [0, 0.05) is 9.92 Å². The average Bonchev–Trinajstić information content (AvgIpc) is 2.29. The Morgan fingerprint density at radius 3 is 2.82 bits per heavy atom. The van der Waals surface area contributed by atoms with Gasteiger partial charge in [0.05, 0.1) is 11.1 Å². The van der Waals surface area contributed by atoms with Gasteiger partial charge in [-0.05, 0) is 43.7 Å². The van der Waals surface area contributed by atoms with E-state index in [1.165, 1.54) is 0 Å². The average molecular weight is 289 g/mol. The molecule has 0 aliphatic rings. The summed E-state index contributed by atoms with van der Waals surface area (Å²) in [6.07, 6.45) is 1.54. The summed E-state index contributed by atoms with van der Waals surface area (Å²) in [5.74, 6) is 0.870. The third-order valence-electron chi connectivity index (χ3n) is 2.25. The number of hydrogen-bond acceptors (Lipinski definition) is 3. The Bertz CT molecular complexity index is 427. The minimum absolute atomic E-state index is 0.675. The molecule has 0 bridgehead atoms. The fourth-order valence-corrected chi connectivity index (χ4v) is 2.71. The van der Waals surface area contributed by atoms with E-state index in [9.17, 15) is 0 Å². The summed E-state index contributed by atoms with van der Waals surface area (Å²) in [6, 6.07) is 7.48. The maximum atomic E-state index is 8.77. The molecule has 0 aromatic heterocycles. The van der Waals surface area contributed by atoms with Crippen LogP contribution in [0.1, 0.15) is 19.8 Å².